The molecule has 0 rings (SSSR count). The van der Waals surface area contributed by atoms with Crippen molar-refractivity contribution in [2.75, 3.05) is 6.61 Å². The van der Waals surface area contributed by atoms with Gasteiger partial charge in [-0.2, -0.15) is 0 Å². The zero-order valence-electron chi connectivity index (χ0n) is 6.39. The van der Waals surface area contributed by atoms with Crippen LogP contribution in [0.3, 0.4) is 0 Å². The number of ether oxygens (including phenoxy) is 1. The average molecular weight is 140 g/mol. The van der Waals surface area contributed by atoms with Crippen molar-refractivity contribution in [3.8, 4) is 0 Å². The highest BCUT2D eigenvalue weighted by Crippen LogP contribution is 1.89. The molecule has 0 aliphatic carbocycles. The summed E-state index contributed by atoms with van der Waals surface area (Å²) < 4.78 is 4.72. The molecule has 0 aliphatic heterocycles. The molecule has 0 aromatic rings. The fraction of sp³-hybridized carbons (Fsp3) is 0.375. The maximum Gasteiger partial charge on any atom is 0.330 e. The Morgan fingerprint density at radius 2 is 2.30 bits per heavy atom. The Bertz CT molecular complexity index is 157. The van der Waals surface area contributed by atoms with Crippen molar-refractivity contribution in [1.82, 2.24) is 0 Å². The lowest BCUT2D eigenvalue weighted by molar-refractivity contribution is -0.136. The summed E-state index contributed by atoms with van der Waals surface area (Å²) in [6.07, 6.45) is 3.02. The van der Waals surface area contributed by atoms with Crippen LogP contribution in [0.15, 0.2) is 24.3 Å². The van der Waals surface area contributed by atoms with Crippen LogP contribution in [0.1, 0.15) is 13.8 Å². The van der Waals surface area contributed by atoms with Gasteiger partial charge in [0.2, 0.25) is 0 Å². The van der Waals surface area contributed by atoms with Crippen molar-refractivity contribution in [3.63, 3.8) is 0 Å². The third-order valence-corrected chi connectivity index (χ3v) is 0.764. The number of esters is 1. The van der Waals surface area contributed by atoms with Gasteiger partial charge >= 0.3 is 5.97 Å². The molecule has 0 N–H and O–H groups in total. The van der Waals surface area contributed by atoms with Crippen molar-refractivity contribution < 1.29 is 9.53 Å². The van der Waals surface area contributed by atoms with E-state index in [9.17, 15) is 4.79 Å². The predicted molar refractivity (Wildman–Crippen MR) is 40.6 cm³/mol. The van der Waals surface area contributed by atoms with E-state index in [-0.39, 0.29) is 5.97 Å². The zero-order valence-corrected chi connectivity index (χ0v) is 6.39. The Morgan fingerprint density at radius 3 is 2.70 bits per heavy atom. The van der Waals surface area contributed by atoms with Crippen molar-refractivity contribution in [3.05, 3.63) is 24.3 Å². The van der Waals surface area contributed by atoms with E-state index in [1.165, 1.54) is 6.08 Å². The highest BCUT2D eigenvalue weighted by atomic mass is 16.5. The molecule has 0 aromatic heterocycles. The Hall–Kier alpha value is -1.05. The van der Waals surface area contributed by atoms with Crippen LogP contribution in [-0.4, -0.2) is 12.6 Å². The largest absolute Gasteiger partial charge is 0.458 e. The second-order valence-electron chi connectivity index (χ2n) is 2.06. The van der Waals surface area contributed by atoms with E-state index >= 15 is 0 Å². The summed E-state index contributed by atoms with van der Waals surface area (Å²) in [6, 6.07) is 0. The maximum atomic E-state index is 10.6. The van der Waals surface area contributed by atoms with E-state index < -0.39 is 0 Å². The van der Waals surface area contributed by atoms with E-state index in [2.05, 4.69) is 6.58 Å². The molecule has 0 spiro atoms. The molecule has 0 saturated heterocycles. The van der Waals surface area contributed by atoms with Crippen LogP contribution < -0.4 is 0 Å². The molecule has 0 aliphatic rings. The molecule has 2 nitrogen and oxygen atoms in total. The molecule has 10 heavy (non-hydrogen) atoms. The molecule has 2 heteroatoms. The standard InChI is InChI=1S/C8H12O2/c1-4-5-8(9)10-6-7(2)3/h4-5H,2,6H2,1,3H3. The number of carbonyl (C=O) groups excluding carboxylic acids is 1. The number of allylic oxidation sites excluding steroid dienone is 1. The minimum atomic E-state index is -0.314. The molecule has 0 saturated carbocycles. The molecule has 0 fully saturated rings. The molecule has 0 radical (unpaired) electrons. The third kappa shape index (κ3) is 5.09. The summed E-state index contributed by atoms with van der Waals surface area (Å²) in [5.41, 5.74) is 0.845. The Morgan fingerprint density at radius 1 is 1.70 bits per heavy atom. The van der Waals surface area contributed by atoms with E-state index in [1.807, 2.05) is 6.92 Å². The summed E-state index contributed by atoms with van der Waals surface area (Å²) in [6.45, 7) is 7.47. The lowest BCUT2D eigenvalue weighted by Crippen LogP contribution is -2.02. The van der Waals surface area contributed by atoms with Gasteiger partial charge < -0.3 is 4.74 Å². The first-order valence-corrected chi connectivity index (χ1v) is 3.10. The molecule has 0 bridgehead atoms. The Balaban J connectivity index is 3.50. The second-order valence-corrected chi connectivity index (χ2v) is 2.06. The van der Waals surface area contributed by atoms with Crippen LogP contribution in [0.5, 0.6) is 0 Å². The second kappa shape index (κ2) is 4.79. The molecule has 0 aromatic carbocycles. The van der Waals surface area contributed by atoms with Crippen LogP contribution in [-0.2, 0) is 9.53 Å². The van der Waals surface area contributed by atoms with Crippen molar-refractivity contribution in [2.45, 2.75) is 13.8 Å². The molecule has 56 valence electrons. The van der Waals surface area contributed by atoms with Crippen LogP contribution in [0, 0.1) is 0 Å². The number of hydrogen-bond donors (Lipinski definition) is 0. The number of carbonyl (C=O) groups is 1. The van der Waals surface area contributed by atoms with Gasteiger partial charge in [-0.3, -0.25) is 0 Å². The van der Waals surface area contributed by atoms with Gasteiger partial charge in [0.05, 0.1) is 0 Å². The van der Waals surface area contributed by atoms with Gasteiger partial charge in [-0.15, -0.1) is 0 Å². The lowest BCUT2D eigenvalue weighted by Gasteiger charge is -1.98. The number of rotatable bonds is 3. The highest BCUT2D eigenvalue weighted by Gasteiger charge is 1.93. The normalized spacial score (nSPS) is 9.80. The minimum Gasteiger partial charge on any atom is -0.458 e. The van der Waals surface area contributed by atoms with Crippen molar-refractivity contribution in [1.29, 1.82) is 0 Å². The number of hydrogen-bond acceptors (Lipinski definition) is 2. The van der Waals surface area contributed by atoms with Gasteiger partial charge in [-0.05, 0) is 19.4 Å². The zero-order chi connectivity index (χ0) is 7.98. The van der Waals surface area contributed by atoms with Crippen LogP contribution in [0.2, 0.25) is 0 Å². The SMILES string of the molecule is C=C(C)COC(=O)C=CC. The van der Waals surface area contributed by atoms with E-state index in [4.69, 9.17) is 4.74 Å². The molecular weight excluding hydrogens is 128 g/mol. The van der Waals surface area contributed by atoms with Crippen LogP contribution >= 0.6 is 0 Å². The Kier molecular flexibility index (Phi) is 4.29. The highest BCUT2D eigenvalue weighted by molar-refractivity contribution is 5.81. The van der Waals surface area contributed by atoms with Crippen molar-refractivity contribution in [2.24, 2.45) is 0 Å². The third-order valence-electron chi connectivity index (χ3n) is 0.764. The average Bonchev–Trinajstić information content (AvgIpc) is 1.85. The molecular formula is C8H12O2. The van der Waals surface area contributed by atoms with Gasteiger partial charge in [-0.1, -0.05) is 12.7 Å². The Labute approximate surface area is 61.2 Å². The molecule has 0 heterocycles. The first-order valence-electron chi connectivity index (χ1n) is 3.10. The van der Waals surface area contributed by atoms with Gasteiger partial charge in [0, 0.05) is 6.08 Å². The van der Waals surface area contributed by atoms with Crippen LogP contribution in [0.25, 0.3) is 0 Å². The fourth-order valence-corrected chi connectivity index (χ4v) is 0.379. The maximum absolute atomic E-state index is 10.6. The summed E-state index contributed by atoms with van der Waals surface area (Å²) in [4.78, 5) is 10.6. The van der Waals surface area contributed by atoms with Crippen molar-refractivity contribution >= 4 is 5.97 Å². The van der Waals surface area contributed by atoms with E-state index in [0.29, 0.717) is 6.61 Å². The molecule has 0 amide bonds. The van der Waals surface area contributed by atoms with Gasteiger partial charge in [0.1, 0.15) is 6.61 Å². The summed E-state index contributed by atoms with van der Waals surface area (Å²) in [7, 11) is 0. The minimum absolute atomic E-state index is 0.309. The van der Waals surface area contributed by atoms with E-state index in [0.717, 1.165) is 5.57 Å². The monoisotopic (exact) mass is 140 g/mol. The van der Waals surface area contributed by atoms with Gasteiger partial charge in [0.25, 0.3) is 0 Å². The molecule has 0 unspecified atom stereocenters. The predicted octanol–water partition coefficient (Wildman–Crippen LogP) is 1.68. The van der Waals surface area contributed by atoms with Gasteiger partial charge in [-0.25, -0.2) is 4.79 Å². The summed E-state index contributed by atoms with van der Waals surface area (Å²) >= 11 is 0. The van der Waals surface area contributed by atoms with E-state index in [1.54, 1.807) is 13.0 Å². The summed E-state index contributed by atoms with van der Waals surface area (Å²) in [5, 5.41) is 0. The fourth-order valence-electron chi connectivity index (χ4n) is 0.379. The quantitative estimate of drug-likeness (QED) is 0.338. The first-order chi connectivity index (χ1) is 4.66. The van der Waals surface area contributed by atoms with Gasteiger partial charge in [0.15, 0.2) is 0 Å². The lowest BCUT2D eigenvalue weighted by atomic mass is 10.4. The van der Waals surface area contributed by atoms with Crippen LogP contribution in [0.4, 0.5) is 0 Å². The topological polar surface area (TPSA) is 26.3 Å². The molecule has 0 atom stereocenters. The smallest absolute Gasteiger partial charge is 0.330 e. The summed E-state index contributed by atoms with van der Waals surface area (Å²) in [5.74, 6) is -0.314. The first kappa shape index (κ1) is 8.95.